The molecule has 0 bridgehead atoms. The zero-order valence-corrected chi connectivity index (χ0v) is 13.1. The molecule has 106 valence electrons. The number of pyridine rings is 1. The maximum absolute atomic E-state index is 11.5. The van der Waals surface area contributed by atoms with Gasteiger partial charge in [0.05, 0.1) is 5.56 Å². The first-order valence-corrected chi connectivity index (χ1v) is 7.61. The number of benzene rings is 1. The number of carbonyl (C=O) groups excluding carboxylic acids is 1. The maximum Gasteiger partial charge on any atom is 0.161 e. The average molecular weight is 296 g/mol. The van der Waals surface area contributed by atoms with Crippen molar-refractivity contribution in [1.29, 1.82) is 5.26 Å². The van der Waals surface area contributed by atoms with E-state index in [2.05, 4.69) is 30.1 Å². The normalized spacial score (nSPS) is 10.2. The summed E-state index contributed by atoms with van der Waals surface area (Å²) in [5.41, 5.74) is 4.10. The van der Waals surface area contributed by atoms with Crippen molar-refractivity contribution in [3.8, 4) is 6.07 Å². The fourth-order valence-electron chi connectivity index (χ4n) is 2.05. The highest BCUT2D eigenvalue weighted by atomic mass is 32.2. The molecule has 0 saturated carbocycles. The molecule has 21 heavy (non-hydrogen) atoms. The number of ketones is 1. The summed E-state index contributed by atoms with van der Waals surface area (Å²) in [6, 6.07) is 11.9. The summed E-state index contributed by atoms with van der Waals surface area (Å²) < 4.78 is 0. The van der Waals surface area contributed by atoms with Crippen LogP contribution in [0.5, 0.6) is 0 Å². The topological polar surface area (TPSA) is 53.8 Å². The van der Waals surface area contributed by atoms with Gasteiger partial charge in [0.15, 0.2) is 5.78 Å². The van der Waals surface area contributed by atoms with Gasteiger partial charge in [0.25, 0.3) is 0 Å². The first kappa shape index (κ1) is 15.3. The van der Waals surface area contributed by atoms with Crippen LogP contribution < -0.4 is 0 Å². The SMILES string of the molecule is CC(=O)c1cc(C#N)c(SCc2ccccc2C)nc1C. The van der Waals surface area contributed by atoms with Crippen LogP contribution in [0.4, 0.5) is 0 Å². The molecule has 1 aromatic heterocycles. The predicted molar refractivity (Wildman–Crippen MR) is 84.4 cm³/mol. The number of Topliss-reactive ketones (excluding diaryl/α,β-unsaturated/α-hetero) is 1. The van der Waals surface area contributed by atoms with Crippen LogP contribution in [0.1, 0.15) is 39.7 Å². The highest BCUT2D eigenvalue weighted by molar-refractivity contribution is 7.98. The third-order valence-electron chi connectivity index (χ3n) is 3.30. The van der Waals surface area contributed by atoms with E-state index in [4.69, 9.17) is 0 Å². The summed E-state index contributed by atoms with van der Waals surface area (Å²) in [6.45, 7) is 5.36. The fraction of sp³-hybridized carbons (Fsp3) is 0.235. The van der Waals surface area contributed by atoms with Crippen molar-refractivity contribution in [1.82, 2.24) is 4.98 Å². The number of hydrogen-bond acceptors (Lipinski definition) is 4. The van der Waals surface area contributed by atoms with Crippen LogP contribution in [0.25, 0.3) is 0 Å². The number of nitrogens with zero attached hydrogens (tertiary/aromatic N) is 2. The van der Waals surface area contributed by atoms with E-state index in [1.165, 1.54) is 29.8 Å². The molecule has 3 nitrogen and oxygen atoms in total. The third kappa shape index (κ3) is 3.50. The number of aromatic nitrogens is 1. The van der Waals surface area contributed by atoms with Crippen molar-refractivity contribution in [3.05, 3.63) is 58.3 Å². The second-order valence-electron chi connectivity index (χ2n) is 4.86. The second-order valence-corrected chi connectivity index (χ2v) is 5.82. The predicted octanol–water partition coefficient (Wildman–Crippen LogP) is 4.07. The summed E-state index contributed by atoms with van der Waals surface area (Å²) in [5.74, 6) is 0.694. The number of nitriles is 1. The Morgan fingerprint density at radius 1 is 1.33 bits per heavy atom. The molecule has 1 aromatic carbocycles. The summed E-state index contributed by atoms with van der Waals surface area (Å²) in [5, 5.41) is 9.94. The quantitative estimate of drug-likeness (QED) is 0.630. The summed E-state index contributed by atoms with van der Waals surface area (Å²) in [6.07, 6.45) is 0. The molecule has 0 amide bonds. The summed E-state index contributed by atoms with van der Waals surface area (Å²) in [7, 11) is 0. The van der Waals surface area contributed by atoms with Crippen molar-refractivity contribution in [2.75, 3.05) is 0 Å². The largest absolute Gasteiger partial charge is 0.294 e. The molecule has 0 aliphatic rings. The molecule has 0 saturated heterocycles. The van der Waals surface area contributed by atoms with Gasteiger partial charge < -0.3 is 0 Å². The molecule has 0 aliphatic heterocycles. The Hall–Kier alpha value is -2.12. The molecule has 0 radical (unpaired) electrons. The van der Waals surface area contributed by atoms with Gasteiger partial charge in [-0.1, -0.05) is 24.3 Å². The fourth-order valence-corrected chi connectivity index (χ4v) is 3.13. The van der Waals surface area contributed by atoms with E-state index in [1.807, 2.05) is 12.1 Å². The standard InChI is InChI=1S/C17H16N2OS/c1-11-6-4-5-7-14(11)10-21-17-15(9-18)8-16(13(3)20)12(2)19-17/h4-8H,10H2,1-3H3. The monoisotopic (exact) mass is 296 g/mol. The van der Waals surface area contributed by atoms with Crippen molar-refractivity contribution in [2.45, 2.75) is 31.6 Å². The number of hydrogen-bond donors (Lipinski definition) is 0. The van der Waals surface area contributed by atoms with Crippen LogP contribution in [-0.4, -0.2) is 10.8 Å². The zero-order chi connectivity index (χ0) is 15.4. The van der Waals surface area contributed by atoms with E-state index in [-0.39, 0.29) is 5.78 Å². The van der Waals surface area contributed by atoms with Crippen LogP contribution in [0.15, 0.2) is 35.4 Å². The van der Waals surface area contributed by atoms with Crippen molar-refractivity contribution in [2.24, 2.45) is 0 Å². The third-order valence-corrected chi connectivity index (χ3v) is 4.34. The van der Waals surface area contributed by atoms with E-state index >= 15 is 0 Å². The molecule has 4 heteroatoms. The highest BCUT2D eigenvalue weighted by Gasteiger charge is 2.13. The Balaban J connectivity index is 2.29. The van der Waals surface area contributed by atoms with Gasteiger partial charge in [-0.15, -0.1) is 11.8 Å². The number of rotatable bonds is 4. The number of thioether (sulfide) groups is 1. The summed E-state index contributed by atoms with van der Waals surface area (Å²) >= 11 is 1.53. The molecule has 0 spiro atoms. The molecule has 2 rings (SSSR count). The van der Waals surface area contributed by atoms with E-state index in [9.17, 15) is 10.1 Å². The lowest BCUT2D eigenvalue weighted by molar-refractivity contribution is 0.101. The zero-order valence-electron chi connectivity index (χ0n) is 12.3. The Labute approximate surface area is 129 Å². The van der Waals surface area contributed by atoms with Crippen LogP contribution in [-0.2, 0) is 5.75 Å². The Kier molecular flexibility index (Phi) is 4.77. The van der Waals surface area contributed by atoms with E-state index in [0.717, 1.165) is 5.75 Å². The smallest absolute Gasteiger partial charge is 0.161 e. The van der Waals surface area contributed by atoms with Crippen LogP contribution in [0.2, 0.25) is 0 Å². The molecule has 0 unspecified atom stereocenters. The Morgan fingerprint density at radius 3 is 2.67 bits per heavy atom. The molecule has 0 aliphatic carbocycles. The van der Waals surface area contributed by atoms with Crippen LogP contribution in [0.3, 0.4) is 0 Å². The highest BCUT2D eigenvalue weighted by Crippen LogP contribution is 2.27. The second kappa shape index (κ2) is 6.55. The number of aryl methyl sites for hydroxylation is 2. The van der Waals surface area contributed by atoms with Gasteiger partial charge in [-0.3, -0.25) is 4.79 Å². The summed E-state index contributed by atoms with van der Waals surface area (Å²) in [4.78, 5) is 15.9. The molecule has 0 atom stereocenters. The Morgan fingerprint density at radius 2 is 2.05 bits per heavy atom. The van der Waals surface area contributed by atoms with Crippen molar-refractivity contribution < 1.29 is 4.79 Å². The van der Waals surface area contributed by atoms with Crippen LogP contribution >= 0.6 is 11.8 Å². The molecule has 2 aromatic rings. The van der Waals surface area contributed by atoms with Gasteiger partial charge in [-0.05, 0) is 38.0 Å². The lowest BCUT2D eigenvalue weighted by atomic mass is 10.1. The lowest BCUT2D eigenvalue weighted by Gasteiger charge is -2.09. The van der Waals surface area contributed by atoms with Gasteiger partial charge in [0, 0.05) is 17.0 Å². The molecule has 0 N–H and O–H groups in total. The molecule has 1 heterocycles. The number of carbonyl (C=O) groups is 1. The minimum Gasteiger partial charge on any atom is -0.294 e. The minimum absolute atomic E-state index is 0.0630. The molecular weight excluding hydrogens is 280 g/mol. The van der Waals surface area contributed by atoms with Gasteiger partial charge in [-0.25, -0.2) is 4.98 Å². The van der Waals surface area contributed by atoms with E-state index in [0.29, 0.717) is 21.8 Å². The van der Waals surface area contributed by atoms with E-state index in [1.54, 1.807) is 13.0 Å². The lowest BCUT2D eigenvalue weighted by Crippen LogP contribution is -2.02. The van der Waals surface area contributed by atoms with E-state index < -0.39 is 0 Å². The van der Waals surface area contributed by atoms with Gasteiger partial charge >= 0.3 is 0 Å². The van der Waals surface area contributed by atoms with Gasteiger partial charge in [-0.2, -0.15) is 5.26 Å². The minimum atomic E-state index is -0.0630. The van der Waals surface area contributed by atoms with Gasteiger partial charge in [0.1, 0.15) is 11.1 Å². The van der Waals surface area contributed by atoms with Gasteiger partial charge in [0.2, 0.25) is 0 Å². The maximum atomic E-state index is 11.5. The average Bonchev–Trinajstić information content (AvgIpc) is 2.46. The Bertz CT molecular complexity index is 732. The van der Waals surface area contributed by atoms with Crippen molar-refractivity contribution >= 4 is 17.5 Å². The first-order valence-electron chi connectivity index (χ1n) is 6.63. The molecule has 0 fully saturated rings. The molecular formula is C17H16N2OS. The first-order chi connectivity index (χ1) is 10.0. The van der Waals surface area contributed by atoms with Crippen LogP contribution in [0, 0.1) is 25.2 Å². The van der Waals surface area contributed by atoms with Crippen molar-refractivity contribution in [3.63, 3.8) is 0 Å².